The quantitative estimate of drug-likeness (QED) is 0.501. The molecule has 192 valence electrons. The predicted molar refractivity (Wildman–Crippen MR) is 134 cm³/mol. The molecule has 2 aromatic rings. The molecule has 7 nitrogen and oxygen atoms in total. The monoisotopic (exact) mass is 505 g/mol. The van der Waals surface area contributed by atoms with Crippen LogP contribution in [0.2, 0.25) is 0 Å². The Bertz CT molecular complexity index is 1080. The SMILES string of the molecule is CCC(C(=O)NC(C)(C)C)N(Cc1ccc(F)cc1)C(=O)CCCN(C)S(=O)(=O)c1ccccc1. The molecular weight excluding hydrogens is 469 g/mol. The molecule has 0 aliphatic heterocycles. The van der Waals surface area contributed by atoms with E-state index in [4.69, 9.17) is 0 Å². The molecule has 1 N–H and O–H groups in total. The van der Waals surface area contributed by atoms with Crippen LogP contribution >= 0.6 is 0 Å². The highest BCUT2D eigenvalue weighted by molar-refractivity contribution is 7.89. The van der Waals surface area contributed by atoms with Gasteiger partial charge in [-0.2, -0.15) is 0 Å². The van der Waals surface area contributed by atoms with Crippen LogP contribution in [0.25, 0.3) is 0 Å². The van der Waals surface area contributed by atoms with Crippen LogP contribution in [0, 0.1) is 5.82 Å². The molecule has 2 amide bonds. The fraction of sp³-hybridized carbons (Fsp3) is 0.462. The summed E-state index contributed by atoms with van der Waals surface area (Å²) in [5.74, 6) is -0.915. The second-order valence-corrected chi connectivity index (χ2v) is 11.6. The van der Waals surface area contributed by atoms with Crippen molar-refractivity contribution in [2.75, 3.05) is 13.6 Å². The lowest BCUT2D eigenvalue weighted by molar-refractivity contribution is -0.142. The van der Waals surface area contributed by atoms with Gasteiger partial charge in [0.2, 0.25) is 21.8 Å². The molecule has 2 rings (SSSR count). The van der Waals surface area contributed by atoms with E-state index in [-0.39, 0.29) is 42.0 Å². The molecule has 0 spiro atoms. The Morgan fingerprint density at radius 3 is 2.17 bits per heavy atom. The lowest BCUT2D eigenvalue weighted by Crippen LogP contribution is -2.53. The van der Waals surface area contributed by atoms with E-state index in [2.05, 4.69) is 5.32 Å². The summed E-state index contributed by atoms with van der Waals surface area (Å²) in [5, 5.41) is 2.93. The van der Waals surface area contributed by atoms with Gasteiger partial charge in [0.05, 0.1) is 4.90 Å². The van der Waals surface area contributed by atoms with Crippen LogP contribution in [-0.2, 0) is 26.2 Å². The summed E-state index contributed by atoms with van der Waals surface area (Å²) < 4.78 is 40.1. The zero-order valence-electron chi connectivity index (χ0n) is 21.1. The smallest absolute Gasteiger partial charge is 0.243 e. The van der Waals surface area contributed by atoms with Gasteiger partial charge in [0.25, 0.3) is 0 Å². The van der Waals surface area contributed by atoms with E-state index in [1.54, 1.807) is 30.3 Å². The van der Waals surface area contributed by atoms with E-state index in [1.165, 1.54) is 40.5 Å². The Hall–Kier alpha value is -2.78. The molecule has 1 atom stereocenters. The van der Waals surface area contributed by atoms with Crippen molar-refractivity contribution in [2.45, 2.75) is 70.0 Å². The number of halogens is 1. The van der Waals surface area contributed by atoms with Gasteiger partial charge in [-0.15, -0.1) is 0 Å². The summed E-state index contributed by atoms with van der Waals surface area (Å²) in [6.07, 6.45) is 0.755. The minimum absolute atomic E-state index is 0.0646. The van der Waals surface area contributed by atoms with Gasteiger partial charge in [0.15, 0.2) is 0 Å². The molecule has 0 aliphatic rings. The molecule has 2 aromatic carbocycles. The van der Waals surface area contributed by atoms with E-state index >= 15 is 0 Å². The van der Waals surface area contributed by atoms with Gasteiger partial charge in [0, 0.05) is 32.1 Å². The van der Waals surface area contributed by atoms with E-state index in [0.717, 1.165) is 0 Å². The molecule has 1 unspecified atom stereocenters. The first kappa shape index (κ1) is 28.5. The number of hydrogen-bond acceptors (Lipinski definition) is 4. The minimum Gasteiger partial charge on any atom is -0.350 e. The first-order valence-electron chi connectivity index (χ1n) is 11.7. The highest BCUT2D eigenvalue weighted by Gasteiger charge is 2.30. The molecule has 0 heterocycles. The first-order valence-corrected chi connectivity index (χ1v) is 13.2. The number of rotatable bonds is 11. The Balaban J connectivity index is 2.15. The van der Waals surface area contributed by atoms with Crippen LogP contribution in [0.1, 0.15) is 52.5 Å². The number of carbonyl (C=O) groups excluding carboxylic acids is 2. The molecule has 9 heteroatoms. The normalized spacial score (nSPS) is 12.9. The van der Waals surface area contributed by atoms with Gasteiger partial charge in [0.1, 0.15) is 11.9 Å². The second kappa shape index (κ2) is 12.3. The van der Waals surface area contributed by atoms with Gasteiger partial charge in [-0.3, -0.25) is 9.59 Å². The molecule has 0 radical (unpaired) electrons. The van der Waals surface area contributed by atoms with Crippen molar-refractivity contribution < 1.29 is 22.4 Å². The molecule has 0 saturated heterocycles. The van der Waals surface area contributed by atoms with Gasteiger partial charge < -0.3 is 10.2 Å². The average molecular weight is 506 g/mol. The number of hydrogen-bond donors (Lipinski definition) is 1. The number of benzene rings is 2. The zero-order valence-corrected chi connectivity index (χ0v) is 21.9. The van der Waals surface area contributed by atoms with Crippen molar-refractivity contribution in [2.24, 2.45) is 0 Å². The predicted octanol–water partition coefficient (Wildman–Crippen LogP) is 3.95. The maximum atomic E-state index is 13.4. The number of nitrogens with zero attached hydrogens (tertiary/aromatic N) is 2. The summed E-state index contributed by atoms with van der Waals surface area (Å²) in [5.41, 5.74) is 0.231. The molecular formula is C26H36FN3O4S. The minimum atomic E-state index is -3.66. The third-order valence-corrected chi connectivity index (χ3v) is 7.34. The summed E-state index contributed by atoms with van der Waals surface area (Å²) in [7, 11) is -2.17. The maximum Gasteiger partial charge on any atom is 0.243 e. The topological polar surface area (TPSA) is 86.8 Å². The summed E-state index contributed by atoms with van der Waals surface area (Å²) >= 11 is 0. The van der Waals surface area contributed by atoms with Gasteiger partial charge >= 0.3 is 0 Å². The van der Waals surface area contributed by atoms with E-state index in [0.29, 0.717) is 18.4 Å². The van der Waals surface area contributed by atoms with Crippen molar-refractivity contribution >= 4 is 21.8 Å². The number of sulfonamides is 1. The fourth-order valence-electron chi connectivity index (χ4n) is 3.65. The highest BCUT2D eigenvalue weighted by atomic mass is 32.2. The molecule has 0 aromatic heterocycles. The van der Waals surface area contributed by atoms with Crippen molar-refractivity contribution in [1.29, 1.82) is 0 Å². The molecule has 0 bridgehead atoms. The van der Waals surface area contributed by atoms with Gasteiger partial charge in [-0.25, -0.2) is 17.1 Å². The summed E-state index contributed by atoms with van der Waals surface area (Å²) in [4.78, 5) is 28.0. The Morgan fingerprint density at radius 2 is 1.63 bits per heavy atom. The lowest BCUT2D eigenvalue weighted by atomic mass is 10.0. The number of amides is 2. The average Bonchev–Trinajstić information content (AvgIpc) is 2.79. The Morgan fingerprint density at radius 1 is 1.03 bits per heavy atom. The van der Waals surface area contributed by atoms with E-state index in [9.17, 15) is 22.4 Å². The van der Waals surface area contributed by atoms with Crippen LogP contribution in [0.5, 0.6) is 0 Å². The van der Waals surface area contributed by atoms with E-state index < -0.39 is 21.6 Å². The lowest BCUT2D eigenvalue weighted by Gasteiger charge is -2.33. The third kappa shape index (κ3) is 8.43. The van der Waals surface area contributed by atoms with Crippen LogP contribution < -0.4 is 5.32 Å². The number of carbonyl (C=O) groups is 2. The van der Waals surface area contributed by atoms with Crippen LogP contribution in [0.4, 0.5) is 4.39 Å². The molecule has 0 aliphatic carbocycles. The van der Waals surface area contributed by atoms with Crippen LogP contribution in [-0.4, -0.2) is 54.6 Å². The van der Waals surface area contributed by atoms with Gasteiger partial charge in [-0.05, 0) is 63.4 Å². The van der Waals surface area contributed by atoms with Crippen molar-refractivity contribution in [3.63, 3.8) is 0 Å². The summed E-state index contributed by atoms with van der Waals surface area (Å²) in [6.45, 7) is 7.73. The van der Waals surface area contributed by atoms with Crippen molar-refractivity contribution in [3.05, 3.63) is 66.0 Å². The largest absolute Gasteiger partial charge is 0.350 e. The first-order chi connectivity index (χ1) is 16.3. The number of nitrogens with one attached hydrogen (secondary N) is 1. The van der Waals surface area contributed by atoms with Crippen molar-refractivity contribution in [1.82, 2.24) is 14.5 Å². The van der Waals surface area contributed by atoms with Crippen molar-refractivity contribution in [3.8, 4) is 0 Å². The van der Waals surface area contributed by atoms with Crippen LogP contribution in [0.3, 0.4) is 0 Å². The summed E-state index contributed by atoms with van der Waals surface area (Å²) in [6, 6.07) is 13.2. The zero-order chi connectivity index (χ0) is 26.2. The standard InChI is InChI=1S/C26H36FN3O4S/c1-6-23(25(32)28-26(2,3)4)30(19-20-14-16-21(27)17-15-20)24(31)13-10-18-29(5)35(33,34)22-11-8-7-9-12-22/h7-9,11-12,14-17,23H,6,10,13,18-19H2,1-5H3,(H,28,32). The maximum absolute atomic E-state index is 13.4. The van der Waals surface area contributed by atoms with Gasteiger partial charge in [-0.1, -0.05) is 37.3 Å². The molecule has 35 heavy (non-hydrogen) atoms. The Labute approximate surface area is 208 Å². The second-order valence-electron chi connectivity index (χ2n) is 9.55. The molecule has 0 saturated carbocycles. The molecule has 0 fully saturated rings. The van der Waals surface area contributed by atoms with Crippen LogP contribution in [0.15, 0.2) is 59.5 Å². The third-order valence-electron chi connectivity index (χ3n) is 5.47. The highest BCUT2D eigenvalue weighted by Crippen LogP contribution is 2.18. The fourth-order valence-corrected chi connectivity index (χ4v) is 4.88. The Kier molecular flexibility index (Phi) is 9.97. The van der Waals surface area contributed by atoms with E-state index in [1.807, 2.05) is 27.7 Å².